The maximum absolute atomic E-state index is 12.4. The predicted octanol–water partition coefficient (Wildman–Crippen LogP) is 0.288. The van der Waals surface area contributed by atoms with Crippen LogP contribution in [0.4, 0.5) is 0 Å². The summed E-state index contributed by atoms with van der Waals surface area (Å²) < 4.78 is 25.9. The second-order valence-corrected chi connectivity index (χ2v) is 6.65. The minimum absolute atomic E-state index is 0.131. The SMILES string of the molecule is Cc1ccc(S(=O)(=O)N2CCCC[C@H]2C(=O)[O-])cc1. The molecular weight excluding hydrogens is 266 g/mol. The van der Waals surface area contributed by atoms with Gasteiger partial charge >= 0.3 is 0 Å². The Bertz CT molecular complexity index is 565. The molecule has 1 aliphatic rings. The first-order chi connectivity index (χ1) is 8.93. The van der Waals surface area contributed by atoms with E-state index in [0.29, 0.717) is 19.3 Å². The average molecular weight is 282 g/mol. The molecule has 1 aliphatic heterocycles. The Balaban J connectivity index is 2.37. The van der Waals surface area contributed by atoms with Gasteiger partial charge in [0.2, 0.25) is 10.0 Å². The van der Waals surface area contributed by atoms with Crippen LogP contribution in [0.15, 0.2) is 29.2 Å². The molecule has 1 aromatic rings. The van der Waals surface area contributed by atoms with Crippen molar-refractivity contribution in [1.82, 2.24) is 4.31 Å². The van der Waals surface area contributed by atoms with Crippen molar-refractivity contribution in [2.24, 2.45) is 0 Å². The Hall–Kier alpha value is -1.40. The number of rotatable bonds is 3. The molecule has 2 rings (SSSR count). The van der Waals surface area contributed by atoms with Crippen LogP contribution in [-0.4, -0.2) is 31.3 Å². The molecule has 1 aromatic carbocycles. The summed E-state index contributed by atoms with van der Waals surface area (Å²) in [6, 6.07) is 5.35. The standard InChI is InChI=1S/C13H17NO4S/c1-10-5-7-11(8-6-10)19(17,18)14-9-3-2-4-12(14)13(15)16/h5-8,12H,2-4,9H2,1H3,(H,15,16)/p-1/t12-/m0/s1. The molecule has 0 bridgehead atoms. The molecule has 0 saturated carbocycles. The van der Waals surface area contributed by atoms with E-state index >= 15 is 0 Å². The number of nitrogens with zero attached hydrogens (tertiary/aromatic N) is 1. The second kappa shape index (κ2) is 5.30. The molecule has 0 N–H and O–H groups in total. The maximum Gasteiger partial charge on any atom is 0.243 e. The first kappa shape index (κ1) is 14.0. The molecule has 1 fully saturated rings. The summed E-state index contributed by atoms with van der Waals surface area (Å²) >= 11 is 0. The normalized spacial score (nSPS) is 21.2. The van der Waals surface area contributed by atoms with Crippen molar-refractivity contribution in [3.05, 3.63) is 29.8 Å². The van der Waals surface area contributed by atoms with E-state index < -0.39 is 22.0 Å². The van der Waals surface area contributed by atoms with Gasteiger partial charge in [-0.15, -0.1) is 0 Å². The molecule has 0 amide bonds. The van der Waals surface area contributed by atoms with Crippen LogP contribution in [0.3, 0.4) is 0 Å². The van der Waals surface area contributed by atoms with Crippen molar-refractivity contribution in [2.45, 2.75) is 37.1 Å². The molecule has 104 valence electrons. The van der Waals surface area contributed by atoms with Crippen molar-refractivity contribution in [3.8, 4) is 0 Å². The molecule has 0 aromatic heterocycles. The molecule has 0 radical (unpaired) electrons. The van der Waals surface area contributed by atoms with Crippen LogP contribution in [0.25, 0.3) is 0 Å². The third-order valence-corrected chi connectivity index (χ3v) is 5.28. The topological polar surface area (TPSA) is 77.5 Å². The lowest BCUT2D eigenvalue weighted by molar-refractivity contribution is -0.311. The number of piperidine rings is 1. The number of carboxylic acids is 1. The number of carboxylic acid groups (broad SMARTS) is 1. The number of carbonyl (C=O) groups is 1. The van der Waals surface area contributed by atoms with Gasteiger partial charge < -0.3 is 9.90 Å². The van der Waals surface area contributed by atoms with Gasteiger partial charge in [-0.05, 0) is 31.9 Å². The highest BCUT2D eigenvalue weighted by Gasteiger charge is 2.34. The summed E-state index contributed by atoms with van der Waals surface area (Å²) in [7, 11) is -3.76. The lowest BCUT2D eigenvalue weighted by atomic mass is 10.1. The smallest absolute Gasteiger partial charge is 0.243 e. The lowest BCUT2D eigenvalue weighted by Crippen LogP contribution is -2.52. The van der Waals surface area contributed by atoms with E-state index in [1.165, 1.54) is 12.1 Å². The molecule has 6 heteroatoms. The van der Waals surface area contributed by atoms with E-state index in [9.17, 15) is 18.3 Å². The first-order valence-electron chi connectivity index (χ1n) is 6.22. The molecule has 1 atom stereocenters. The van der Waals surface area contributed by atoms with E-state index in [0.717, 1.165) is 9.87 Å². The zero-order chi connectivity index (χ0) is 14.0. The van der Waals surface area contributed by atoms with Crippen LogP contribution < -0.4 is 5.11 Å². The Morgan fingerprint density at radius 2 is 1.89 bits per heavy atom. The number of hydrogen-bond acceptors (Lipinski definition) is 4. The van der Waals surface area contributed by atoms with Crippen molar-refractivity contribution in [3.63, 3.8) is 0 Å². The van der Waals surface area contributed by atoms with Gasteiger partial charge in [-0.2, -0.15) is 4.31 Å². The van der Waals surface area contributed by atoms with Gasteiger partial charge in [0.05, 0.1) is 16.9 Å². The lowest BCUT2D eigenvalue weighted by Gasteiger charge is -2.35. The highest BCUT2D eigenvalue weighted by atomic mass is 32.2. The molecule has 1 heterocycles. The Morgan fingerprint density at radius 1 is 1.26 bits per heavy atom. The number of aryl methyl sites for hydroxylation is 1. The summed E-state index contributed by atoms with van der Waals surface area (Å²) in [5.74, 6) is -1.32. The summed E-state index contributed by atoms with van der Waals surface area (Å²) in [6.07, 6.45) is 1.70. The summed E-state index contributed by atoms with van der Waals surface area (Å²) in [6.45, 7) is 2.09. The molecule has 1 saturated heterocycles. The molecule has 19 heavy (non-hydrogen) atoms. The van der Waals surface area contributed by atoms with E-state index in [-0.39, 0.29) is 11.4 Å². The van der Waals surface area contributed by atoms with Crippen LogP contribution in [-0.2, 0) is 14.8 Å². The third-order valence-electron chi connectivity index (χ3n) is 3.35. The van der Waals surface area contributed by atoms with Gasteiger partial charge in [0.25, 0.3) is 0 Å². The molecule has 5 nitrogen and oxygen atoms in total. The highest BCUT2D eigenvalue weighted by molar-refractivity contribution is 7.89. The zero-order valence-electron chi connectivity index (χ0n) is 10.7. The molecular formula is C13H16NO4S-. The van der Waals surface area contributed by atoms with Gasteiger partial charge in [0.15, 0.2) is 0 Å². The summed E-state index contributed by atoms with van der Waals surface area (Å²) in [4.78, 5) is 11.2. The Morgan fingerprint density at radius 3 is 2.47 bits per heavy atom. The van der Waals surface area contributed by atoms with E-state index in [4.69, 9.17) is 0 Å². The van der Waals surface area contributed by atoms with Crippen molar-refractivity contribution in [2.75, 3.05) is 6.54 Å². The third kappa shape index (κ3) is 2.79. The van der Waals surface area contributed by atoms with Crippen LogP contribution in [0, 0.1) is 6.92 Å². The largest absolute Gasteiger partial charge is 0.548 e. The fourth-order valence-corrected chi connectivity index (χ4v) is 3.92. The fourth-order valence-electron chi connectivity index (χ4n) is 2.27. The monoisotopic (exact) mass is 282 g/mol. The first-order valence-corrected chi connectivity index (χ1v) is 7.66. The molecule has 0 aliphatic carbocycles. The predicted molar refractivity (Wildman–Crippen MR) is 67.7 cm³/mol. The zero-order valence-corrected chi connectivity index (χ0v) is 11.5. The van der Waals surface area contributed by atoms with Gasteiger partial charge in [-0.25, -0.2) is 8.42 Å². The van der Waals surface area contributed by atoms with E-state index in [1.807, 2.05) is 6.92 Å². The van der Waals surface area contributed by atoms with Gasteiger partial charge in [0, 0.05) is 6.54 Å². The van der Waals surface area contributed by atoms with Crippen LogP contribution in [0.5, 0.6) is 0 Å². The molecule has 0 unspecified atom stereocenters. The number of carbonyl (C=O) groups excluding carboxylic acids is 1. The van der Waals surface area contributed by atoms with Crippen LogP contribution in [0.2, 0.25) is 0 Å². The van der Waals surface area contributed by atoms with Crippen molar-refractivity contribution < 1.29 is 18.3 Å². The number of sulfonamides is 1. The summed E-state index contributed by atoms with van der Waals surface area (Å²) in [5.41, 5.74) is 0.953. The highest BCUT2D eigenvalue weighted by Crippen LogP contribution is 2.25. The number of hydrogen-bond donors (Lipinski definition) is 0. The minimum atomic E-state index is -3.76. The van der Waals surface area contributed by atoms with Crippen LogP contribution >= 0.6 is 0 Å². The molecule has 0 spiro atoms. The Kier molecular flexibility index (Phi) is 3.91. The van der Waals surface area contributed by atoms with Gasteiger partial charge in [0.1, 0.15) is 0 Å². The van der Waals surface area contributed by atoms with Crippen molar-refractivity contribution in [1.29, 1.82) is 0 Å². The maximum atomic E-state index is 12.4. The van der Waals surface area contributed by atoms with E-state index in [1.54, 1.807) is 12.1 Å². The number of aliphatic carboxylic acids is 1. The second-order valence-electron chi connectivity index (χ2n) is 4.76. The van der Waals surface area contributed by atoms with Crippen molar-refractivity contribution >= 4 is 16.0 Å². The fraction of sp³-hybridized carbons (Fsp3) is 0.462. The van der Waals surface area contributed by atoms with Gasteiger partial charge in [-0.1, -0.05) is 24.1 Å². The summed E-state index contributed by atoms with van der Waals surface area (Å²) in [5, 5.41) is 11.1. The van der Waals surface area contributed by atoms with Crippen LogP contribution in [0.1, 0.15) is 24.8 Å². The Labute approximate surface area is 112 Å². The van der Waals surface area contributed by atoms with Gasteiger partial charge in [-0.3, -0.25) is 0 Å². The quantitative estimate of drug-likeness (QED) is 0.798. The number of benzene rings is 1. The minimum Gasteiger partial charge on any atom is -0.548 e. The average Bonchev–Trinajstić information content (AvgIpc) is 2.39. The van der Waals surface area contributed by atoms with E-state index in [2.05, 4.69) is 0 Å².